The minimum Gasteiger partial charge on any atom is -0.460 e. The summed E-state index contributed by atoms with van der Waals surface area (Å²) < 4.78 is 12.5. The maximum absolute atomic E-state index is 13.5. The Morgan fingerprint density at radius 2 is 2.03 bits per heavy atom. The molecule has 1 aromatic carbocycles. The summed E-state index contributed by atoms with van der Waals surface area (Å²) in [6.07, 6.45) is 1.88. The molecule has 9 heteroatoms. The molecule has 2 aromatic heterocycles. The van der Waals surface area contributed by atoms with Crippen molar-refractivity contribution in [2.45, 2.75) is 19.9 Å². The molecule has 0 aliphatic carbocycles. The van der Waals surface area contributed by atoms with Gasteiger partial charge >= 0.3 is 5.97 Å². The molecule has 0 fully saturated rings. The van der Waals surface area contributed by atoms with Crippen LogP contribution in [0.15, 0.2) is 56.8 Å². The number of nitrogens with zero attached hydrogens (tertiary/aromatic N) is 2. The van der Waals surface area contributed by atoms with E-state index in [0.717, 1.165) is 10.4 Å². The van der Waals surface area contributed by atoms with Crippen molar-refractivity contribution in [2.75, 3.05) is 20.3 Å². The van der Waals surface area contributed by atoms with Gasteiger partial charge in [-0.1, -0.05) is 41.1 Å². The Kier molecular flexibility index (Phi) is 6.76. The van der Waals surface area contributed by atoms with Crippen LogP contribution < -0.4 is 14.9 Å². The molecule has 32 heavy (non-hydrogen) atoms. The van der Waals surface area contributed by atoms with Crippen molar-refractivity contribution >= 4 is 46.3 Å². The van der Waals surface area contributed by atoms with E-state index in [0.29, 0.717) is 31.2 Å². The Bertz CT molecular complexity index is 1380. The highest BCUT2D eigenvalue weighted by molar-refractivity contribution is 7.11. The van der Waals surface area contributed by atoms with Crippen LogP contribution in [0.5, 0.6) is 0 Å². The summed E-state index contributed by atoms with van der Waals surface area (Å²) in [4.78, 5) is 32.7. The van der Waals surface area contributed by atoms with Crippen LogP contribution in [-0.4, -0.2) is 30.9 Å². The molecule has 0 unspecified atom stereocenters. The number of carbonyl (C=O) groups excluding carboxylic acids is 1. The van der Waals surface area contributed by atoms with Crippen molar-refractivity contribution in [3.8, 4) is 0 Å². The van der Waals surface area contributed by atoms with Crippen molar-refractivity contribution in [1.29, 1.82) is 0 Å². The van der Waals surface area contributed by atoms with E-state index < -0.39 is 12.0 Å². The first-order valence-corrected chi connectivity index (χ1v) is 12.0. The molecule has 3 heterocycles. The smallest absolute Gasteiger partial charge is 0.338 e. The maximum atomic E-state index is 13.5. The minimum absolute atomic E-state index is 0.101. The van der Waals surface area contributed by atoms with Gasteiger partial charge in [-0.05, 0) is 48.6 Å². The number of benzene rings is 1. The molecule has 0 amide bonds. The maximum Gasteiger partial charge on any atom is 0.338 e. The number of aryl methyl sites for hydroxylation is 1. The van der Waals surface area contributed by atoms with E-state index in [4.69, 9.17) is 21.1 Å². The first-order valence-electron chi connectivity index (χ1n) is 9.89. The zero-order chi connectivity index (χ0) is 22.8. The number of fused-ring (bicyclic) bond motifs is 1. The molecule has 0 saturated heterocycles. The van der Waals surface area contributed by atoms with Gasteiger partial charge in [0.15, 0.2) is 4.80 Å². The lowest BCUT2D eigenvalue weighted by Gasteiger charge is -2.25. The molecule has 0 radical (unpaired) electrons. The second-order valence-electron chi connectivity index (χ2n) is 7.20. The SMILES string of the molecule is COCCOC(=O)C1=C(C)N=c2s/c(=C\c3sccc3C)c(=O)n2[C@H]1c1ccccc1Cl. The number of esters is 1. The number of allylic oxidation sites excluding steroid dienone is 1. The van der Waals surface area contributed by atoms with E-state index in [1.54, 1.807) is 28.9 Å². The van der Waals surface area contributed by atoms with Crippen LogP contribution in [0, 0.1) is 6.92 Å². The van der Waals surface area contributed by atoms with Crippen LogP contribution in [0.25, 0.3) is 6.08 Å². The van der Waals surface area contributed by atoms with Gasteiger partial charge in [0, 0.05) is 17.0 Å². The Morgan fingerprint density at radius 1 is 1.25 bits per heavy atom. The van der Waals surface area contributed by atoms with Gasteiger partial charge in [-0.15, -0.1) is 11.3 Å². The zero-order valence-corrected chi connectivity index (χ0v) is 20.1. The van der Waals surface area contributed by atoms with Crippen molar-refractivity contribution in [3.63, 3.8) is 0 Å². The number of ether oxygens (including phenoxy) is 2. The summed E-state index contributed by atoms with van der Waals surface area (Å²) in [6.45, 7) is 4.12. The Balaban J connectivity index is 1.92. The lowest BCUT2D eigenvalue weighted by molar-refractivity contribution is -0.140. The predicted molar refractivity (Wildman–Crippen MR) is 127 cm³/mol. The number of rotatable bonds is 6. The average Bonchev–Trinajstić information content (AvgIpc) is 3.30. The average molecular weight is 489 g/mol. The number of hydrogen-bond donors (Lipinski definition) is 0. The number of thiazole rings is 1. The first kappa shape index (κ1) is 22.7. The molecule has 0 bridgehead atoms. The fourth-order valence-corrected chi connectivity index (χ4v) is 5.72. The molecule has 0 saturated carbocycles. The molecular weight excluding hydrogens is 468 g/mol. The van der Waals surface area contributed by atoms with Crippen LogP contribution in [0.3, 0.4) is 0 Å². The van der Waals surface area contributed by atoms with Crippen LogP contribution >= 0.6 is 34.3 Å². The molecule has 166 valence electrons. The molecule has 1 aliphatic rings. The van der Waals surface area contributed by atoms with Gasteiger partial charge in [0.1, 0.15) is 12.6 Å². The summed E-state index contributed by atoms with van der Waals surface area (Å²) in [5.74, 6) is -0.545. The third-order valence-corrected chi connectivity index (χ3v) is 7.42. The molecular formula is C23H21ClN2O4S2. The Labute approximate surface area is 197 Å². The van der Waals surface area contributed by atoms with E-state index in [-0.39, 0.29) is 18.8 Å². The van der Waals surface area contributed by atoms with Crippen LogP contribution in [0.4, 0.5) is 0 Å². The third kappa shape index (κ3) is 4.23. The van der Waals surface area contributed by atoms with Crippen molar-refractivity contribution in [3.05, 3.63) is 87.7 Å². The summed E-state index contributed by atoms with van der Waals surface area (Å²) in [7, 11) is 1.53. The van der Waals surface area contributed by atoms with E-state index in [9.17, 15) is 9.59 Å². The van der Waals surface area contributed by atoms with Gasteiger partial charge in [0.05, 0.1) is 22.4 Å². The third-order valence-electron chi connectivity index (χ3n) is 5.13. The molecule has 0 N–H and O–H groups in total. The van der Waals surface area contributed by atoms with Gasteiger partial charge in [0.25, 0.3) is 5.56 Å². The highest BCUT2D eigenvalue weighted by Crippen LogP contribution is 2.34. The van der Waals surface area contributed by atoms with E-state index in [1.807, 2.05) is 42.6 Å². The zero-order valence-electron chi connectivity index (χ0n) is 17.8. The number of aromatic nitrogens is 1. The number of halogens is 1. The summed E-state index contributed by atoms with van der Waals surface area (Å²) in [5, 5.41) is 2.45. The summed E-state index contributed by atoms with van der Waals surface area (Å²) >= 11 is 9.39. The topological polar surface area (TPSA) is 69.9 Å². The quantitative estimate of drug-likeness (QED) is 0.393. The predicted octanol–water partition coefficient (Wildman–Crippen LogP) is 3.45. The summed E-state index contributed by atoms with van der Waals surface area (Å²) in [6, 6.07) is 8.47. The number of carbonyl (C=O) groups is 1. The lowest BCUT2D eigenvalue weighted by atomic mass is 9.96. The number of hydrogen-bond acceptors (Lipinski definition) is 7. The monoisotopic (exact) mass is 488 g/mol. The molecule has 1 atom stereocenters. The largest absolute Gasteiger partial charge is 0.460 e. The standard InChI is InChI=1S/C23H21ClN2O4S2/c1-13-8-11-31-17(13)12-18-21(27)26-20(15-6-4-5-7-16(15)24)19(14(2)25-23(26)32-18)22(28)30-10-9-29-3/h4-8,11-12,20H,9-10H2,1-3H3/b18-12-/t20-/m0/s1. The van der Waals surface area contributed by atoms with Crippen LogP contribution in [-0.2, 0) is 14.3 Å². The van der Waals surface area contributed by atoms with E-state index in [1.165, 1.54) is 18.4 Å². The van der Waals surface area contributed by atoms with E-state index >= 15 is 0 Å². The highest BCUT2D eigenvalue weighted by Gasteiger charge is 2.34. The van der Waals surface area contributed by atoms with E-state index in [2.05, 4.69) is 4.99 Å². The number of thiophene rings is 1. The second kappa shape index (κ2) is 9.54. The first-order chi connectivity index (χ1) is 15.4. The van der Waals surface area contributed by atoms with Crippen molar-refractivity contribution < 1.29 is 14.3 Å². The summed E-state index contributed by atoms with van der Waals surface area (Å²) in [5.41, 5.74) is 2.31. The molecule has 6 nitrogen and oxygen atoms in total. The fraction of sp³-hybridized carbons (Fsp3) is 0.261. The molecule has 3 aromatic rings. The fourth-order valence-electron chi connectivity index (χ4n) is 3.52. The van der Waals surface area contributed by atoms with Gasteiger partial charge in [-0.3, -0.25) is 9.36 Å². The molecule has 0 spiro atoms. The second-order valence-corrected chi connectivity index (χ2v) is 9.56. The molecule has 4 rings (SSSR count). The van der Waals surface area contributed by atoms with Crippen molar-refractivity contribution in [1.82, 2.24) is 4.57 Å². The van der Waals surface area contributed by atoms with Gasteiger partial charge in [-0.25, -0.2) is 9.79 Å². The molecule has 1 aliphatic heterocycles. The lowest BCUT2D eigenvalue weighted by Crippen LogP contribution is -2.40. The highest BCUT2D eigenvalue weighted by atomic mass is 35.5. The minimum atomic E-state index is -0.735. The van der Waals surface area contributed by atoms with Gasteiger partial charge in [0.2, 0.25) is 0 Å². The van der Waals surface area contributed by atoms with Gasteiger partial charge < -0.3 is 9.47 Å². The Hall–Kier alpha value is -2.52. The van der Waals surface area contributed by atoms with Crippen LogP contribution in [0.2, 0.25) is 5.02 Å². The van der Waals surface area contributed by atoms with Gasteiger partial charge in [-0.2, -0.15) is 0 Å². The normalized spacial score (nSPS) is 16.1. The number of methoxy groups -OCH3 is 1. The van der Waals surface area contributed by atoms with Crippen molar-refractivity contribution in [2.24, 2.45) is 4.99 Å². The van der Waals surface area contributed by atoms with Crippen LogP contribution in [0.1, 0.15) is 29.0 Å². The Morgan fingerprint density at radius 3 is 2.72 bits per heavy atom.